The molecule has 1 aromatic carbocycles. The van der Waals surface area contributed by atoms with Gasteiger partial charge in [0.1, 0.15) is 5.69 Å². The molecule has 1 aliphatic carbocycles. The Morgan fingerprint density at radius 2 is 1.96 bits per heavy atom. The fourth-order valence-corrected chi connectivity index (χ4v) is 3.14. The second-order valence-corrected chi connectivity index (χ2v) is 6.23. The monoisotopic (exact) mass is 324 g/mol. The third-order valence-corrected chi connectivity index (χ3v) is 4.16. The third-order valence-electron chi connectivity index (χ3n) is 4.16. The summed E-state index contributed by atoms with van der Waals surface area (Å²) in [5.74, 6) is -1.08. The molecule has 0 saturated heterocycles. The van der Waals surface area contributed by atoms with Gasteiger partial charge in [0.2, 0.25) is 5.78 Å². The Bertz CT molecular complexity index is 817. The number of carboxylic acid groups (broad SMARTS) is 1. The van der Waals surface area contributed by atoms with Crippen LogP contribution in [0.2, 0.25) is 0 Å². The van der Waals surface area contributed by atoms with Crippen molar-refractivity contribution in [3.05, 3.63) is 70.7 Å². The van der Waals surface area contributed by atoms with Crippen molar-refractivity contribution < 1.29 is 14.7 Å². The van der Waals surface area contributed by atoms with E-state index < -0.39 is 5.97 Å². The molecule has 1 heterocycles. The highest BCUT2D eigenvalue weighted by atomic mass is 16.4. The number of allylic oxidation sites excluding steroid dienone is 1. The number of Topliss-reactive ketones (excluding diaryl/α,β-unsaturated/α-hetero) is 1. The lowest BCUT2D eigenvalue weighted by atomic mass is 9.92. The molecule has 0 radical (unpaired) electrons. The highest BCUT2D eigenvalue weighted by Gasteiger charge is 2.30. The maximum absolute atomic E-state index is 12.9. The number of rotatable bonds is 4. The quantitative estimate of drug-likeness (QED) is 0.879. The molecule has 24 heavy (non-hydrogen) atoms. The minimum atomic E-state index is -1.01. The maximum atomic E-state index is 12.9. The minimum Gasteiger partial charge on any atom is -0.477 e. The van der Waals surface area contributed by atoms with E-state index in [0.717, 1.165) is 16.7 Å². The zero-order chi connectivity index (χ0) is 17.3. The van der Waals surface area contributed by atoms with Crippen molar-refractivity contribution >= 4 is 11.8 Å². The summed E-state index contributed by atoms with van der Waals surface area (Å²) in [5, 5.41) is 9.54. The summed E-state index contributed by atoms with van der Waals surface area (Å²) in [7, 11) is 3.75. The van der Waals surface area contributed by atoms with Crippen LogP contribution in [0.5, 0.6) is 0 Å². The largest absolute Gasteiger partial charge is 0.477 e. The molecule has 0 saturated carbocycles. The minimum absolute atomic E-state index is 0.0756. The SMILES string of the molecule is CN(C)C=C1CCc2cc(C(=O)O)n(Cc3ccccc3)c2C1=O. The molecule has 5 heteroatoms. The number of hydrogen-bond acceptors (Lipinski definition) is 3. The first-order valence-corrected chi connectivity index (χ1v) is 7.89. The number of aromatic nitrogens is 1. The number of carbonyl (C=O) groups excluding carboxylic acids is 1. The number of aryl methyl sites for hydroxylation is 1. The first-order valence-electron chi connectivity index (χ1n) is 7.89. The van der Waals surface area contributed by atoms with E-state index in [1.165, 1.54) is 0 Å². The molecule has 0 bridgehead atoms. The van der Waals surface area contributed by atoms with Crippen LogP contribution in [-0.4, -0.2) is 40.4 Å². The fourth-order valence-electron chi connectivity index (χ4n) is 3.14. The maximum Gasteiger partial charge on any atom is 0.352 e. The van der Waals surface area contributed by atoms with Crippen molar-refractivity contribution in [1.29, 1.82) is 0 Å². The third kappa shape index (κ3) is 2.97. The van der Waals surface area contributed by atoms with Gasteiger partial charge in [0.15, 0.2) is 0 Å². The van der Waals surface area contributed by atoms with Gasteiger partial charge in [0.05, 0.1) is 5.69 Å². The van der Waals surface area contributed by atoms with E-state index in [1.54, 1.807) is 10.6 Å². The lowest BCUT2D eigenvalue weighted by molar-refractivity contribution is 0.0685. The first kappa shape index (κ1) is 16.1. The van der Waals surface area contributed by atoms with E-state index in [1.807, 2.05) is 55.5 Å². The molecule has 5 nitrogen and oxygen atoms in total. The van der Waals surface area contributed by atoms with Gasteiger partial charge in [-0.25, -0.2) is 4.79 Å². The number of carbonyl (C=O) groups is 2. The summed E-state index contributed by atoms with van der Waals surface area (Å²) < 4.78 is 1.64. The lowest BCUT2D eigenvalue weighted by Crippen LogP contribution is -2.21. The summed E-state index contributed by atoms with van der Waals surface area (Å²) in [4.78, 5) is 26.4. The molecule has 1 aromatic heterocycles. The van der Waals surface area contributed by atoms with E-state index in [9.17, 15) is 14.7 Å². The van der Waals surface area contributed by atoms with Crippen LogP contribution in [0.1, 0.15) is 38.5 Å². The highest BCUT2D eigenvalue weighted by Crippen LogP contribution is 2.29. The van der Waals surface area contributed by atoms with Gasteiger partial charge in [-0.05, 0) is 30.0 Å². The predicted octanol–water partition coefficient (Wildman–Crippen LogP) is 2.81. The van der Waals surface area contributed by atoms with Crippen LogP contribution in [0, 0.1) is 0 Å². The average molecular weight is 324 g/mol. The Labute approximate surface area is 140 Å². The molecule has 0 spiro atoms. The molecule has 0 unspecified atom stereocenters. The number of benzene rings is 1. The van der Waals surface area contributed by atoms with Crippen molar-refractivity contribution in [2.75, 3.05) is 14.1 Å². The van der Waals surface area contributed by atoms with Crippen LogP contribution in [-0.2, 0) is 13.0 Å². The van der Waals surface area contributed by atoms with E-state index in [2.05, 4.69) is 0 Å². The van der Waals surface area contributed by atoms with Gasteiger partial charge in [-0.3, -0.25) is 4.79 Å². The molecule has 0 atom stereocenters. The fraction of sp³-hybridized carbons (Fsp3) is 0.263. The van der Waals surface area contributed by atoms with Gasteiger partial charge in [-0.15, -0.1) is 0 Å². The summed E-state index contributed by atoms with van der Waals surface area (Å²) >= 11 is 0. The number of aromatic carboxylic acids is 1. The molecular formula is C19H20N2O3. The van der Waals surface area contributed by atoms with Gasteiger partial charge < -0.3 is 14.6 Å². The van der Waals surface area contributed by atoms with Gasteiger partial charge >= 0.3 is 5.97 Å². The number of nitrogens with zero attached hydrogens (tertiary/aromatic N) is 2. The zero-order valence-corrected chi connectivity index (χ0v) is 13.8. The predicted molar refractivity (Wildman–Crippen MR) is 91.4 cm³/mol. The van der Waals surface area contributed by atoms with Crippen LogP contribution in [0.4, 0.5) is 0 Å². The van der Waals surface area contributed by atoms with Gasteiger partial charge in [-0.1, -0.05) is 30.3 Å². The number of ketones is 1. The van der Waals surface area contributed by atoms with E-state index in [-0.39, 0.29) is 11.5 Å². The topological polar surface area (TPSA) is 62.5 Å². The number of carboxylic acids is 1. The van der Waals surface area contributed by atoms with E-state index in [4.69, 9.17) is 0 Å². The van der Waals surface area contributed by atoms with Crippen molar-refractivity contribution in [3.63, 3.8) is 0 Å². The average Bonchev–Trinajstić information content (AvgIpc) is 2.90. The van der Waals surface area contributed by atoms with Crippen molar-refractivity contribution in [2.24, 2.45) is 0 Å². The summed E-state index contributed by atoms with van der Waals surface area (Å²) in [5.41, 5.74) is 3.19. The highest BCUT2D eigenvalue weighted by molar-refractivity contribution is 6.10. The normalized spacial score (nSPS) is 15.4. The Morgan fingerprint density at radius 3 is 2.58 bits per heavy atom. The Morgan fingerprint density at radius 1 is 1.25 bits per heavy atom. The molecule has 0 aliphatic heterocycles. The van der Waals surface area contributed by atoms with Crippen molar-refractivity contribution in [3.8, 4) is 0 Å². The molecule has 124 valence electrons. The molecule has 1 N–H and O–H groups in total. The van der Waals surface area contributed by atoms with Crippen molar-refractivity contribution in [1.82, 2.24) is 9.47 Å². The Kier molecular flexibility index (Phi) is 4.25. The second-order valence-electron chi connectivity index (χ2n) is 6.23. The molecule has 0 amide bonds. The van der Waals surface area contributed by atoms with Crippen LogP contribution >= 0.6 is 0 Å². The second kappa shape index (κ2) is 6.35. The van der Waals surface area contributed by atoms with Gasteiger partial charge in [-0.2, -0.15) is 0 Å². The lowest BCUT2D eigenvalue weighted by Gasteiger charge is -2.19. The van der Waals surface area contributed by atoms with Crippen LogP contribution < -0.4 is 0 Å². The molecule has 3 rings (SSSR count). The Hall–Kier alpha value is -2.82. The Balaban J connectivity index is 2.10. The molecule has 0 fully saturated rings. The summed E-state index contributed by atoms with van der Waals surface area (Å²) in [6.07, 6.45) is 3.15. The van der Waals surface area contributed by atoms with E-state index >= 15 is 0 Å². The smallest absolute Gasteiger partial charge is 0.352 e. The molecule has 1 aliphatic rings. The van der Waals surface area contributed by atoms with Crippen molar-refractivity contribution in [2.45, 2.75) is 19.4 Å². The van der Waals surface area contributed by atoms with Crippen LogP contribution in [0.25, 0.3) is 0 Å². The van der Waals surface area contributed by atoms with Gasteiger partial charge in [0.25, 0.3) is 0 Å². The number of hydrogen-bond donors (Lipinski definition) is 1. The standard InChI is InChI=1S/C19H20N2O3/c1-20(2)12-15-9-8-14-10-16(19(23)24)21(17(14)18(15)22)11-13-6-4-3-5-7-13/h3-7,10,12H,8-9,11H2,1-2H3,(H,23,24). The van der Waals surface area contributed by atoms with Crippen LogP contribution in [0.3, 0.4) is 0 Å². The summed E-state index contributed by atoms with van der Waals surface area (Å²) in [6, 6.07) is 11.2. The number of fused-ring (bicyclic) bond motifs is 1. The molecule has 2 aromatic rings. The summed E-state index contributed by atoms with van der Waals surface area (Å²) in [6.45, 7) is 0.374. The van der Waals surface area contributed by atoms with Crippen LogP contribution in [0.15, 0.2) is 48.2 Å². The van der Waals surface area contributed by atoms with E-state index in [0.29, 0.717) is 25.1 Å². The van der Waals surface area contributed by atoms with Gasteiger partial charge in [0, 0.05) is 32.4 Å². The first-order chi connectivity index (χ1) is 11.5. The molecular weight excluding hydrogens is 304 g/mol. The zero-order valence-electron chi connectivity index (χ0n) is 13.8.